The average molecular weight is 458 g/mol. The van der Waals surface area contributed by atoms with E-state index >= 15 is 0 Å². The maximum Gasteiger partial charge on any atom is 0.167 e. The highest BCUT2D eigenvalue weighted by Gasteiger charge is 2.49. The lowest BCUT2D eigenvalue weighted by molar-refractivity contribution is -0.127. The fourth-order valence-corrected chi connectivity index (χ4v) is 5.35. The van der Waals surface area contributed by atoms with Crippen LogP contribution in [0.1, 0.15) is 6.92 Å². The number of nitrogens with one attached hydrogen (secondary N) is 1. The molecule has 6 heterocycles. The first-order valence-corrected chi connectivity index (χ1v) is 11.9. The van der Waals surface area contributed by atoms with Crippen molar-refractivity contribution in [1.29, 1.82) is 0 Å². The molecule has 3 saturated heterocycles. The molecule has 4 aromatic rings. The lowest BCUT2D eigenvalue weighted by atomic mass is 9.78. The molecule has 0 aliphatic carbocycles. The Balaban J connectivity index is 1.29. The lowest BCUT2D eigenvalue weighted by Crippen LogP contribution is -2.66. The van der Waals surface area contributed by atoms with E-state index in [2.05, 4.69) is 62.4 Å². The van der Waals surface area contributed by atoms with Crippen LogP contribution in [-0.2, 0) is 9.47 Å². The number of pyridine rings is 1. The van der Waals surface area contributed by atoms with Crippen molar-refractivity contribution in [3.63, 3.8) is 0 Å². The van der Waals surface area contributed by atoms with Crippen LogP contribution in [0.2, 0.25) is 0 Å². The summed E-state index contributed by atoms with van der Waals surface area (Å²) in [6, 6.07) is 13.2. The van der Waals surface area contributed by atoms with E-state index in [0.29, 0.717) is 18.6 Å². The van der Waals surface area contributed by atoms with E-state index < -0.39 is 0 Å². The summed E-state index contributed by atoms with van der Waals surface area (Å²) in [4.78, 5) is 9.82. The number of benzene rings is 1. The number of ether oxygens (including phenoxy) is 2. The van der Waals surface area contributed by atoms with Crippen molar-refractivity contribution in [1.82, 2.24) is 25.0 Å². The Kier molecular flexibility index (Phi) is 4.43. The minimum atomic E-state index is 0.256. The third-order valence-electron chi connectivity index (χ3n) is 7.32. The number of fused-ring (bicyclic) bond motifs is 1. The zero-order valence-electron chi connectivity index (χ0n) is 19.1. The number of aromatic amines is 1. The molecule has 0 amide bonds. The first kappa shape index (κ1) is 20.0. The van der Waals surface area contributed by atoms with Crippen LogP contribution in [0.5, 0.6) is 0 Å². The van der Waals surface area contributed by atoms with Crippen molar-refractivity contribution < 1.29 is 9.47 Å². The topological polar surface area (TPSA) is 84.3 Å². The second-order valence-electron chi connectivity index (χ2n) is 9.78. The van der Waals surface area contributed by atoms with Crippen molar-refractivity contribution in [2.45, 2.75) is 13.0 Å². The van der Waals surface area contributed by atoms with Gasteiger partial charge in [0.25, 0.3) is 0 Å². The van der Waals surface area contributed by atoms with Crippen molar-refractivity contribution >= 4 is 22.5 Å². The number of rotatable bonds is 4. The fourth-order valence-electron chi connectivity index (χ4n) is 5.35. The quantitative estimate of drug-likeness (QED) is 0.504. The van der Waals surface area contributed by atoms with Gasteiger partial charge in [-0.1, -0.05) is 12.1 Å². The second-order valence-corrected chi connectivity index (χ2v) is 9.78. The third kappa shape index (κ3) is 3.11. The molecule has 34 heavy (non-hydrogen) atoms. The molecule has 0 unspecified atom stereocenters. The Morgan fingerprint density at radius 3 is 2.65 bits per heavy atom. The van der Waals surface area contributed by atoms with Crippen LogP contribution in [0.4, 0.5) is 11.5 Å². The van der Waals surface area contributed by atoms with Crippen LogP contribution < -0.4 is 9.80 Å². The van der Waals surface area contributed by atoms with Gasteiger partial charge in [-0.2, -0.15) is 14.9 Å². The van der Waals surface area contributed by atoms with E-state index in [1.165, 1.54) is 5.69 Å². The molecule has 3 aliphatic heterocycles. The molecule has 0 saturated carbocycles. The van der Waals surface area contributed by atoms with Gasteiger partial charge >= 0.3 is 0 Å². The van der Waals surface area contributed by atoms with Gasteiger partial charge in [-0.05, 0) is 36.2 Å². The average Bonchev–Trinajstić information content (AvgIpc) is 3.47. The van der Waals surface area contributed by atoms with Crippen LogP contribution in [0, 0.1) is 5.41 Å². The van der Waals surface area contributed by atoms with E-state index in [-0.39, 0.29) is 6.04 Å². The summed E-state index contributed by atoms with van der Waals surface area (Å²) in [5.41, 5.74) is 4.77. The summed E-state index contributed by atoms with van der Waals surface area (Å²) in [6.45, 7) is 8.38. The SMILES string of the molecule is C[C@@H]1COCCN1c1cc(-c2ccc(N3CC4(COC4)C3)cc2)c2cnn(-c3ccn[nH]3)c2n1. The third-order valence-corrected chi connectivity index (χ3v) is 7.32. The molecule has 9 nitrogen and oxygen atoms in total. The van der Waals surface area contributed by atoms with Gasteiger partial charge in [-0.25, -0.2) is 4.98 Å². The highest BCUT2D eigenvalue weighted by atomic mass is 16.5. The number of nitrogens with zero attached hydrogens (tertiary/aromatic N) is 6. The number of hydrogen-bond donors (Lipinski definition) is 1. The summed E-state index contributed by atoms with van der Waals surface area (Å²) < 4.78 is 12.9. The molecule has 1 N–H and O–H groups in total. The van der Waals surface area contributed by atoms with Crippen molar-refractivity contribution in [2.75, 3.05) is 55.9 Å². The van der Waals surface area contributed by atoms with Gasteiger partial charge in [0, 0.05) is 36.8 Å². The zero-order valence-corrected chi connectivity index (χ0v) is 19.1. The summed E-state index contributed by atoms with van der Waals surface area (Å²) in [5, 5.41) is 12.8. The van der Waals surface area contributed by atoms with E-state index in [4.69, 9.17) is 14.5 Å². The van der Waals surface area contributed by atoms with Gasteiger partial charge < -0.3 is 19.3 Å². The predicted octanol–water partition coefficient (Wildman–Crippen LogP) is 2.87. The fraction of sp³-hybridized carbons (Fsp3) is 0.400. The largest absolute Gasteiger partial charge is 0.380 e. The van der Waals surface area contributed by atoms with Crippen molar-refractivity contribution in [3.8, 4) is 16.9 Å². The van der Waals surface area contributed by atoms with Gasteiger partial charge in [0.1, 0.15) is 5.82 Å². The molecule has 1 aromatic carbocycles. The zero-order chi connectivity index (χ0) is 22.7. The Hall–Kier alpha value is -3.43. The van der Waals surface area contributed by atoms with Gasteiger partial charge in [-0.3, -0.25) is 5.10 Å². The first-order valence-electron chi connectivity index (χ1n) is 11.9. The molecule has 3 aliphatic rings. The van der Waals surface area contributed by atoms with Gasteiger partial charge in [0.2, 0.25) is 0 Å². The van der Waals surface area contributed by atoms with Crippen LogP contribution in [-0.4, -0.2) is 77.1 Å². The molecule has 3 fully saturated rings. The first-order chi connectivity index (χ1) is 16.7. The number of anilines is 2. The maximum atomic E-state index is 5.67. The van der Waals surface area contributed by atoms with E-state index in [1.54, 1.807) is 6.20 Å². The normalized spacial score (nSPS) is 21.6. The molecule has 1 spiro atoms. The molecule has 3 aromatic heterocycles. The van der Waals surface area contributed by atoms with E-state index in [9.17, 15) is 0 Å². The van der Waals surface area contributed by atoms with Crippen molar-refractivity contribution in [2.24, 2.45) is 5.41 Å². The smallest absolute Gasteiger partial charge is 0.167 e. The highest BCUT2D eigenvalue weighted by molar-refractivity contribution is 5.95. The maximum absolute atomic E-state index is 5.67. The van der Waals surface area contributed by atoms with E-state index in [0.717, 1.165) is 66.6 Å². The molecule has 0 bridgehead atoms. The highest BCUT2D eigenvalue weighted by Crippen LogP contribution is 2.41. The lowest BCUT2D eigenvalue weighted by Gasteiger charge is -2.56. The molecule has 0 radical (unpaired) electrons. The van der Waals surface area contributed by atoms with Crippen LogP contribution in [0.3, 0.4) is 0 Å². The van der Waals surface area contributed by atoms with Crippen LogP contribution >= 0.6 is 0 Å². The number of aromatic nitrogens is 5. The summed E-state index contributed by atoms with van der Waals surface area (Å²) in [5.74, 6) is 1.74. The molecule has 174 valence electrons. The molecule has 9 heteroatoms. The van der Waals surface area contributed by atoms with Crippen molar-refractivity contribution in [3.05, 3.63) is 48.8 Å². The molecular formula is C25H27N7O2. The summed E-state index contributed by atoms with van der Waals surface area (Å²) in [6.07, 6.45) is 3.63. The molecular weight excluding hydrogens is 430 g/mol. The standard InChI is InChI=1S/C25H27N7O2/c1-17-12-33-9-8-31(17)23-10-20(21-11-27-32(24(21)28-23)22-6-7-26-29-22)18-2-4-19(5-3-18)30-13-25(14-30)15-34-16-25/h2-7,10-11,17H,8-9,12-16H2,1H3,(H,26,29)/t17-/m1/s1. The summed E-state index contributed by atoms with van der Waals surface area (Å²) >= 11 is 0. The Morgan fingerprint density at radius 2 is 1.94 bits per heavy atom. The molecule has 7 rings (SSSR count). The van der Waals surface area contributed by atoms with E-state index in [1.807, 2.05) is 16.9 Å². The Morgan fingerprint density at radius 1 is 1.09 bits per heavy atom. The number of H-pyrrole nitrogens is 1. The van der Waals surface area contributed by atoms with Crippen LogP contribution in [0.15, 0.2) is 48.8 Å². The van der Waals surface area contributed by atoms with Gasteiger partial charge in [0.15, 0.2) is 11.5 Å². The summed E-state index contributed by atoms with van der Waals surface area (Å²) in [7, 11) is 0. The number of hydrogen-bond acceptors (Lipinski definition) is 7. The van der Waals surface area contributed by atoms with Gasteiger partial charge in [-0.15, -0.1) is 0 Å². The van der Waals surface area contributed by atoms with Gasteiger partial charge in [0.05, 0.1) is 50.3 Å². The second kappa shape index (κ2) is 7.54. The Labute approximate surface area is 197 Å². The minimum absolute atomic E-state index is 0.256. The predicted molar refractivity (Wildman–Crippen MR) is 130 cm³/mol. The molecule has 1 atom stereocenters. The monoisotopic (exact) mass is 457 g/mol. The Bertz CT molecular complexity index is 1320. The van der Waals surface area contributed by atoms with Crippen LogP contribution in [0.25, 0.3) is 28.0 Å². The minimum Gasteiger partial charge on any atom is -0.380 e. The number of morpholine rings is 1.